The molecule has 158 valence electrons. The Labute approximate surface area is 182 Å². The van der Waals surface area contributed by atoms with Gasteiger partial charge in [-0.05, 0) is 41.7 Å². The summed E-state index contributed by atoms with van der Waals surface area (Å²) in [7, 11) is 0. The summed E-state index contributed by atoms with van der Waals surface area (Å²) in [6.45, 7) is 4.55. The fraction of sp³-hybridized carbons (Fsp3) is 0.231. The molecule has 4 rings (SSSR count). The molecule has 5 nitrogen and oxygen atoms in total. The van der Waals surface area contributed by atoms with Gasteiger partial charge in [-0.3, -0.25) is 9.59 Å². The van der Waals surface area contributed by atoms with Crippen molar-refractivity contribution in [1.82, 2.24) is 10.2 Å². The average molecular weight is 415 g/mol. The van der Waals surface area contributed by atoms with Crippen molar-refractivity contribution in [3.05, 3.63) is 89.0 Å². The number of benzene rings is 3. The van der Waals surface area contributed by atoms with Crippen molar-refractivity contribution < 1.29 is 14.7 Å². The topological polar surface area (TPSA) is 69.6 Å². The lowest BCUT2D eigenvalue weighted by Gasteiger charge is -2.26. The minimum absolute atomic E-state index is 0.0614. The lowest BCUT2D eigenvalue weighted by atomic mass is 9.98. The van der Waals surface area contributed by atoms with Crippen molar-refractivity contribution >= 4 is 11.8 Å². The Hall–Kier alpha value is -3.60. The van der Waals surface area contributed by atoms with E-state index in [-0.39, 0.29) is 17.6 Å². The summed E-state index contributed by atoms with van der Waals surface area (Å²) in [6.07, 6.45) is 0.810. The van der Waals surface area contributed by atoms with E-state index in [1.165, 1.54) is 0 Å². The summed E-state index contributed by atoms with van der Waals surface area (Å²) in [5.41, 5.74) is 4.63. The number of phenols is 1. The summed E-state index contributed by atoms with van der Waals surface area (Å²) < 4.78 is 0. The average Bonchev–Trinajstić information content (AvgIpc) is 3.07. The quantitative estimate of drug-likeness (QED) is 0.620. The molecule has 3 aromatic carbocycles. The first-order valence-corrected chi connectivity index (χ1v) is 10.6. The van der Waals surface area contributed by atoms with Crippen molar-refractivity contribution in [2.24, 2.45) is 0 Å². The van der Waals surface area contributed by atoms with Crippen LogP contribution in [-0.4, -0.2) is 28.4 Å². The molecule has 0 radical (unpaired) electrons. The Kier molecular flexibility index (Phi) is 5.76. The van der Waals surface area contributed by atoms with Crippen molar-refractivity contribution in [2.45, 2.75) is 32.9 Å². The van der Waals surface area contributed by atoms with Crippen LogP contribution in [0.15, 0.2) is 66.7 Å². The number of nitrogens with zero attached hydrogens (tertiary/aromatic N) is 1. The second-order valence-corrected chi connectivity index (χ2v) is 7.82. The Bertz CT molecular complexity index is 1120. The molecular formula is C26H26N2O3. The van der Waals surface area contributed by atoms with Gasteiger partial charge in [0, 0.05) is 18.7 Å². The summed E-state index contributed by atoms with van der Waals surface area (Å²) in [4.78, 5) is 28.2. The molecule has 1 unspecified atom stereocenters. The number of carbonyl (C=O) groups excluding carboxylic acids is 2. The highest BCUT2D eigenvalue weighted by Gasteiger charge is 2.42. The molecule has 3 aromatic rings. The number of aromatic hydroxyl groups is 1. The Morgan fingerprint density at radius 1 is 1.03 bits per heavy atom. The highest BCUT2D eigenvalue weighted by Crippen LogP contribution is 2.40. The van der Waals surface area contributed by atoms with Crippen LogP contribution in [0.1, 0.15) is 46.4 Å². The van der Waals surface area contributed by atoms with E-state index < -0.39 is 6.04 Å². The number of fused-ring (bicyclic) bond motifs is 1. The van der Waals surface area contributed by atoms with Gasteiger partial charge in [0.2, 0.25) is 5.91 Å². The molecular weight excluding hydrogens is 388 g/mol. The molecule has 31 heavy (non-hydrogen) atoms. The van der Waals surface area contributed by atoms with E-state index in [0.717, 1.165) is 23.1 Å². The fourth-order valence-corrected chi connectivity index (χ4v) is 4.19. The molecule has 0 saturated carbocycles. The molecule has 5 heteroatoms. The third kappa shape index (κ3) is 3.79. The van der Waals surface area contributed by atoms with Crippen LogP contribution >= 0.6 is 0 Å². The number of phenolic OH excluding ortho intramolecular Hbond substituents is 1. The zero-order chi connectivity index (χ0) is 22.0. The number of nitrogens with one attached hydrogen (secondary N) is 1. The first kappa shape index (κ1) is 20.7. The van der Waals surface area contributed by atoms with E-state index in [0.29, 0.717) is 29.8 Å². The number of hydrogen-bond acceptors (Lipinski definition) is 3. The zero-order valence-electron chi connectivity index (χ0n) is 17.8. The van der Waals surface area contributed by atoms with Gasteiger partial charge in [0.1, 0.15) is 11.8 Å². The molecule has 0 saturated heterocycles. The van der Waals surface area contributed by atoms with Gasteiger partial charge in [-0.15, -0.1) is 0 Å². The Morgan fingerprint density at radius 3 is 2.48 bits per heavy atom. The van der Waals surface area contributed by atoms with Crippen LogP contribution in [0.5, 0.6) is 5.75 Å². The predicted molar refractivity (Wildman–Crippen MR) is 121 cm³/mol. The number of rotatable bonds is 6. The second-order valence-electron chi connectivity index (χ2n) is 7.82. The third-order valence-corrected chi connectivity index (χ3v) is 5.79. The number of amides is 2. The van der Waals surface area contributed by atoms with Crippen LogP contribution in [-0.2, 0) is 11.3 Å². The van der Waals surface area contributed by atoms with E-state index in [9.17, 15) is 14.7 Å². The predicted octanol–water partition coefficient (Wildman–Crippen LogP) is 4.59. The normalized spacial score (nSPS) is 15.1. The van der Waals surface area contributed by atoms with Crippen LogP contribution in [0.4, 0.5) is 0 Å². The molecule has 0 fully saturated rings. The zero-order valence-corrected chi connectivity index (χ0v) is 17.8. The van der Waals surface area contributed by atoms with Crippen molar-refractivity contribution in [3.63, 3.8) is 0 Å². The standard InChI is InChI=1S/C26H26N2O3/c1-3-15-27-25(30)24-21-13-14-22(29)17(2)23(21)26(31)28(24)16-19-11-7-8-12-20(19)18-9-5-4-6-10-18/h4-14,24,29H,3,15-16H2,1-2H3,(H,27,30). The van der Waals surface area contributed by atoms with Gasteiger partial charge in [-0.2, -0.15) is 0 Å². The minimum Gasteiger partial charge on any atom is -0.508 e. The molecule has 1 heterocycles. The van der Waals surface area contributed by atoms with Crippen LogP contribution < -0.4 is 5.32 Å². The van der Waals surface area contributed by atoms with Gasteiger partial charge in [0.15, 0.2) is 0 Å². The molecule has 1 atom stereocenters. The van der Waals surface area contributed by atoms with E-state index in [1.807, 2.05) is 61.5 Å². The molecule has 0 aromatic heterocycles. The maximum absolute atomic E-state index is 13.4. The van der Waals surface area contributed by atoms with Gasteiger partial charge in [0.25, 0.3) is 5.91 Å². The highest BCUT2D eigenvalue weighted by atomic mass is 16.3. The number of hydrogen-bond donors (Lipinski definition) is 2. The van der Waals surface area contributed by atoms with E-state index >= 15 is 0 Å². The lowest BCUT2D eigenvalue weighted by Crippen LogP contribution is -2.39. The molecule has 0 bridgehead atoms. The Balaban J connectivity index is 1.76. The Morgan fingerprint density at radius 2 is 1.74 bits per heavy atom. The molecule has 2 amide bonds. The van der Waals surface area contributed by atoms with Gasteiger partial charge >= 0.3 is 0 Å². The van der Waals surface area contributed by atoms with E-state index in [1.54, 1.807) is 24.0 Å². The van der Waals surface area contributed by atoms with Gasteiger partial charge in [0.05, 0.1) is 5.56 Å². The fourth-order valence-electron chi connectivity index (χ4n) is 4.19. The maximum Gasteiger partial charge on any atom is 0.255 e. The summed E-state index contributed by atoms with van der Waals surface area (Å²) in [6, 6.07) is 20.5. The highest BCUT2D eigenvalue weighted by molar-refractivity contribution is 6.06. The first-order valence-electron chi connectivity index (χ1n) is 10.6. The SMILES string of the molecule is CCCNC(=O)C1c2ccc(O)c(C)c2C(=O)N1Cc1ccccc1-c1ccccc1. The lowest BCUT2D eigenvalue weighted by molar-refractivity contribution is -0.125. The molecule has 0 aliphatic carbocycles. The molecule has 0 spiro atoms. The van der Waals surface area contributed by atoms with Gasteiger partial charge in [-0.25, -0.2) is 0 Å². The van der Waals surface area contributed by atoms with Crippen LogP contribution in [0.3, 0.4) is 0 Å². The maximum atomic E-state index is 13.4. The second kappa shape index (κ2) is 8.64. The molecule has 2 N–H and O–H groups in total. The van der Waals surface area contributed by atoms with E-state index in [2.05, 4.69) is 5.32 Å². The minimum atomic E-state index is -0.725. The van der Waals surface area contributed by atoms with Gasteiger partial charge in [-0.1, -0.05) is 67.6 Å². The van der Waals surface area contributed by atoms with Gasteiger partial charge < -0.3 is 15.3 Å². The smallest absolute Gasteiger partial charge is 0.255 e. The largest absolute Gasteiger partial charge is 0.508 e. The van der Waals surface area contributed by atoms with E-state index in [4.69, 9.17) is 0 Å². The van der Waals surface area contributed by atoms with Crippen LogP contribution in [0.2, 0.25) is 0 Å². The summed E-state index contributed by atoms with van der Waals surface area (Å²) in [5.74, 6) is -0.370. The van der Waals surface area contributed by atoms with Crippen molar-refractivity contribution in [2.75, 3.05) is 6.54 Å². The summed E-state index contributed by atoms with van der Waals surface area (Å²) in [5, 5.41) is 13.1. The monoisotopic (exact) mass is 414 g/mol. The third-order valence-electron chi connectivity index (χ3n) is 5.79. The first-order chi connectivity index (χ1) is 15.0. The van der Waals surface area contributed by atoms with Crippen LogP contribution in [0, 0.1) is 6.92 Å². The van der Waals surface area contributed by atoms with Crippen molar-refractivity contribution in [1.29, 1.82) is 0 Å². The molecule has 1 aliphatic rings. The summed E-state index contributed by atoms with van der Waals surface area (Å²) >= 11 is 0. The van der Waals surface area contributed by atoms with Crippen LogP contribution in [0.25, 0.3) is 11.1 Å². The number of carbonyl (C=O) groups is 2. The van der Waals surface area contributed by atoms with Crippen molar-refractivity contribution in [3.8, 4) is 16.9 Å². The molecule has 1 aliphatic heterocycles.